The predicted molar refractivity (Wildman–Crippen MR) is 128 cm³/mol. The average Bonchev–Trinajstić information content (AvgIpc) is 2.81. The minimum absolute atomic E-state index is 0.759. The SMILES string of the molecule is Nc1ccc(N(c2cccc(-c3ccccc3)c2)c2ccc3ccccc3c2)cc1. The van der Waals surface area contributed by atoms with Crippen LogP contribution in [0.4, 0.5) is 22.7 Å². The fraction of sp³-hybridized carbons (Fsp3) is 0. The van der Waals surface area contributed by atoms with Gasteiger partial charge in [-0.2, -0.15) is 0 Å². The van der Waals surface area contributed by atoms with Crippen LogP contribution in [0.25, 0.3) is 21.9 Å². The molecule has 144 valence electrons. The highest BCUT2D eigenvalue weighted by Gasteiger charge is 2.14. The lowest BCUT2D eigenvalue weighted by atomic mass is 10.0. The maximum atomic E-state index is 5.96. The van der Waals surface area contributed by atoms with Gasteiger partial charge in [-0.1, -0.05) is 72.8 Å². The topological polar surface area (TPSA) is 29.3 Å². The summed E-state index contributed by atoms with van der Waals surface area (Å²) in [6, 6.07) is 42.2. The van der Waals surface area contributed by atoms with Crippen molar-refractivity contribution in [1.29, 1.82) is 0 Å². The third kappa shape index (κ3) is 3.51. The van der Waals surface area contributed by atoms with E-state index in [-0.39, 0.29) is 0 Å². The van der Waals surface area contributed by atoms with E-state index < -0.39 is 0 Å². The molecule has 5 aromatic carbocycles. The minimum atomic E-state index is 0.759. The molecule has 5 rings (SSSR count). The molecule has 0 aliphatic heterocycles. The van der Waals surface area contributed by atoms with Gasteiger partial charge in [0, 0.05) is 22.7 Å². The quantitative estimate of drug-likeness (QED) is 0.323. The summed E-state index contributed by atoms with van der Waals surface area (Å²) >= 11 is 0. The predicted octanol–water partition coefficient (Wildman–Crippen LogP) is 7.56. The Morgan fingerprint density at radius 2 is 1.07 bits per heavy atom. The first-order valence-electron chi connectivity index (χ1n) is 10.1. The van der Waals surface area contributed by atoms with Gasteiger partial charge in [-0.15, -0.1) is 0 Å². The van der Waals surface area contributed by atoms with Gasteiger partial charge in [0.15, 0.2) is 0 Å². The number of nitrogens with two attached hydrogens (primary N) is 1. The van der Waals surface area contributed by atoms with E-state index in [0.29, 0.717) is 0 Å². The van der Waals surface area contributed by atoms with Crippen LogP contribution in [0.2, 0.25) is 0 Å². The van der Waals surface area contributed by atoms with Crippen molar-refractivity contribution in [2.24, 2.45) is 0 Å². The van der Waals surface area contributed by atoms with Crippen LogP contribution in [0, 0.1) is 0 Å². The van der Waals surface area contributed by atoms with Gasteiger partial charge in [0.25, 0.3) is 0 Å². The number of rotatable bonds is 4. The number of nitrogen functional groups attached to an aromatic ring is 1. The maximum Gasteiger partial charge on any atom is 0.0468 e. The number of benzene rings is 5. The highest BCUT2D eigenvalue weighted by atomic mass is 15.1. The molecule has 0 bridgehead atoms. The number of hydrogen-bond donors (Lipinski definition) is 1. The fourth-order valence-corrected chi connectivity index (χ4v) is 3.84. The summed E-state index contributed by atoms with van der Waals surface area (Å²) in [4.78, 5) is 2.28. The lowest BCUT2D eigenvalue weighted by Gasteiger charge is -2.26. The van der Waals surface area contributed by atoms with Gasteiger partial charge >= 0.3 is 0 Å². The second-order valence-corrected chi connectivity index (χ2v) is 7.37. The van der Waals surface area contributed by atoms with E-state index >= 15 is 0 Å². The zero-order valence-corrected chi connectivity index (χ0v) is 16.6. The highest BCUT2D eigenvalue weighted by molar-refractivity contribution is 5.89. The summed E-state index contributed by atoms with van der Waals surface area (Å²) < 4.78 is 0. The molecule has 0 amide bonds. The molecular weight excluding hydrogens is 364 g/mol. The summed E-state index contributed by atoms with van der Waals surface area (Å²) in [5.41, 5.74) is 12.4. The number of hydrogen-bond acceptors (Lipinski definition) is 2. The van der Waals surface area contributed by atoms with Crippen molar-refractivity contribution in [3.05, 3.63) is 121 Å². The molecule has 0 spiro atoms. The molecule has 0 aliphatic rings. The highest BCUT2D eigenvalue weighted by Crippen LogP contribution is 2.37. The molecule has 0 aromatic heterocycles. The number of anilines is 4. The van der Waals surface area contributed by atoms with Crippen molar-refractivity contribution >= 4 is 33.5 Å². The van der Waals surface area contributed by atoms with Gasteiger partial charge in [-0.3, -0.25) is 0 Å². The third-order valence-electron chi connectivity index (χ3n) is 5.35. The zero-order chi connectivity index (χ0) is 20.3. The Balaban J connectivity index is 1.67. The first kappa shape index (κ1) is 18.0. The van der Waals surface area contributed by atoms with E-state index in [1.54, 1.807) is 0 Å². The molecule has 0 fully saturated rings. The van der Waals surface area contributed by atoms with Gasteiger partial charge in [0.05, 0.1) is 0 Å². The monoisotopic (exact) mass is 386 g/mol. The second-order valence-electron chi connectivity index (χ2n) is 7.37. The molecule has 0 aliphatic carbocycles. The van der Waals surface area contributed by atoms with Crippen LogP contribution in [0.1, 0.15) is 0 Å². The van der Waals surface area contributed by atoms with Crippen LogP contribution in [0.3, 0.4) is 0 Å². The lowest BCUT2D eigenvalue weighted by Crippen LogP contribution is -2.10. The van der Waals surface area contributed by atoms with Crippen LogP contribution in [0.5, 0.6) is 0 Å². The molecule has 30 heavy (non-hydrogen) atoms. The first-order valence-corrected chi connectivity index (χ1v) is 10.1. The van der Waals surface area contributed by atoms with E-state index in [4.69, 9.17) is 5.73 Å². The molecular formula is C28H22N2. The van der Waals surface area contributed by atoms with Crippen molar-refractivity contribution < 1.29 is 0 Å². The second kappa shape index (κ2) is 7.76. The van der Waals surface area contributed by atoms with E-state index in [0.717, 1.165) is 22.7 Å². The largest absolute Gasteiger partial charge is 0.399 e. The third-order valence-corrected chi connectivity index (χ3v) is 5.35. The maximum absolute atomic E-state index is 5.96. The molecule has 2 nitrogen and oxygen atoms in total. The minimum Gasteiger partial charge on any atom is -0.399 e. The molecule has 0 radical (unpaired) electrons. The van der Waals surface area contributed by atoms with Crippen molar-refractivity contribution in [3.63, 3.8) is 0 Å². The van der Waals surface area contributed by atoms with Crippen molar-refractivity contribution in [2.75, 3.05) is 10.6 Å². The molecule has 0 unspecified atom stereocenters. The normalized spacial score (nSPS) is 10.8. The molecule has 0 heterocycles. The Labute approximate surface area is 176 Å². The van der Waals surface area contributed by atoms with Crippen LogP contribution in [0.15, 0.2) is 121 Å². The molecule has 0 saturated heterocycles. The Morgan fingerprint density at radius 1 is 0.433 bits per heavy atom. The Kier molecular flexibility index (Phi) is 4.66. The van der Waals surface area contributed by atoms with Gasteiger partial charge in [-0.05, 0) is 70.4 Å². The lowest BCUT2D eigenvalue weighted by molar-refractivity contribution is 1.29. The average molecular weight is 386 g/mol. The van der Waals surface area contributed by atoms with E-state index in [1.807, 2.05) is 18.2 Å². The van der Waals surface area contributed by atoms with Crippen molar-refractivity contribution in [1.82, 2.24) is 0 Å². The summed E-state index contributed by atoms with van der Waals surface area (Å²) in [6.07, 6.45) is 0. The Morgan fingerprint density at radius 3 is 1.87 bits per heavy atom. The molecule has 5 aromatic rings. The fourth-order valence-electron chi connectivity index (χ4n) is 3.84. The Bertz CT molecular complexity index is 1290. The van der Waals surface area contributed by atoms with E-state index in [1.165, 1.54) is 21.9 Å². The van der Waals surface area contributed by atoms with Crippen LogP contribution in [-0.4, -0.2) is 0 Å². The van der Waals surface area contributed by atoms with Crippen molar-refractivity contribution in [2.45, 2.75) is 0 Å². The van der Waals surface area contributed by atoms with Crippen LogP contribution < -0.4 is 10.6 Å². The van der Waals surface area contributed by atoms with E-state index in [2.05, 4.69) is 108 Å². The molecule has 0 saturated carbocycles. The van der Waals surface area contributed by atoms with Gasteiger partial charge < -0.3 is 10.6 Å². The van der Waals surface area contributed by atoms with Gasteiger partial charge in [-0.25, -0.2) is 0 Å². The summed E-state index contributed by atoms with van der Waals surface area (Å²) in [6.45, 7) is 0. The number of nitrogens with zero attached hydrogens (tertiary/aromatic N) is 1. The van der Waals surface area contributed by atoms with Crippen LogP contribution in [-0.2, 0) is 0 Å². The smallest absolute Gasteiger partial charge is 0.0468 e. The van der Waals surface area contributed by atoms with Crippen LogP contribution >= 0.6 is 0 Å². The molecule has 2 heteroatoms. The van der Waals surface area contributed by atoms with E-state index in [9.17, 15) is 0 Å². The standard InChI is InChI=1S/C28H22N2/c29-25-14-17-26(18-15-25)30(28-16-13-22-9-4-5-10-23(22)20-28)27-12-6-11-24(19-27)21-7-2-1-3-8-21/h1-20H,29H2. The zero-order valence-electron chi connectivity index (χ0n) is 16.6. The summed E-state index contributed by atoms with van der Waals surface area (Å²) in [5, 5.41) is 2.45. The summed E-state index contributed by atoms with van der Waals surface area (Å²) in [5.74, 6) is 0. The molecule has 0 atom stereocenters. The molecule has 2 N–H and O–H groups in total. The first-order chi connectivity index (χ1) is 14.8. The Hall–Kier alpha value is -4.04. The van der Waals surface area contributed by atoms with Crippen molar-refractivity contribution in [3.8, 4) is 11.1 Å². The number of fused-ring (bicyclic) bond motifs is 1. The summed E-state index contributed by atoms with van der Waals surface area (Å²) in [7, 11) is 0. The van der Waals surface area contributed by atoms with Gasteiger partial charge in [0.2, 0.25) is 0 Å². The van der Waals surface area contributed by atoms with Gasteiger partial charge in [0.1, 0.15) is 0 Å².